The van der Waals surface area contributed by atoms with Crippen molar-refractivity contribution in [3.8, 4) is 0 Å². The van der Waals surface area contributed by atoms with Gasteiger partial charge in [-0.05, 0) is 43.5 Å². The number of unbranched alkanes of at least 4 members (excludes halogenated alkanes) is 3. The maximum atomic E-state index is 12.0. The van der Waals surface area contributed by atoms with Crippen LogP contribution in [0.2, 0.25) is 5.02 Å². The van der Waals surface area contributed by atoms with Crippen molar-refractivity contribution in [1.29, 1.82) is 0 Å². The second-order valence-electron chi connectivity index (χ2n) is 4.65. The maximum absolute atomic E-state index is 12.0. The van der Waals surface area contributed by atoms with E-state index in [0.29, 0.717) is 17.0 Å². The molecule has 17 heavy (non-hydrogen) atoms. The molecule has 1 aromatic carbocycles. The van der Waals surface area contributed by atoms with Crippen molar-refractivity contribution >= 4 is 17.4 Å². The lowest BCUT2D eigenvalue weighted by atomic mass is 10.00. The molecule has 0 heterocycles. The number of ketones is 1. The highest BCUT2D eigenvalue weighted by Crippen LogP contribution is 2.23. The molecule has 0 amide bonds. The van der Waals surface area contributed by atoms with Crippen molar-refractivity contribution in [3.63, 3.8) is 0 Å². The van der Waals surface area contributed by atoms with Gasteiger partial charge in [0.15, 0.2) is 5.78 Å². The summed E-state index contributed by atoms with van der Waals surface area (Å²) in [6.45, 7) is 6.19. The van der Waals surface area contributed by atoms with Gasteiger partial charge in [0, 0.05) is 12.0 Å². The number of hydrogen-bond acceptors (Lipinski definition) is 1. The summed E-state index contributed by atoms with van der Waals surface area (Å²) in [6, 6.07) is 3.80. The standard InChI is InChI=1S/C15H21ClO/c1-4-5-6-7-8-15(17)13-9-11(2)12(3)10-14(13)16/h9-10H,4-8H2,1-3H3. The van der Waals surface area contributed by atoms with Crippen molar-refractivity contribution in [2.24, 2.45) is 0 Å². The molecule has 0 saturated heterocycles. The van der Waals surface area contributed by atoms with E-state index in [-0.39, 0.29) is 5.78 Å². The van der Waals surface area contributed by atoms with Crippen LogP contribution in [-0.4, -0.2) is 5.78 Å². The van der Waals surface area contributed by atoms with Crippen LogP contribution in [0.5, 0.6) is 0 Å². The van der Waals surface area contributed by atoms with E-state index in [2.05, 4.69) is 6.92 Å². The van der Waals surface area contributed by atoms with E-state index in [0.717, 1.165) is 24.0 Å². The SMILES string of the molecule is CCCCCCC(=O)c1cc(C)c(C)cc1Cl. The summed E-state index contributed by atoms with van der Waals surface area (Å²) < 4.78 is 0. The van der Waals surface area contributed by atoms with E-state index in [1.165, 1.54) is 12.8 Å². The van der Waals surface area contributed by atoms with Gasteiger partial charge in [-0.1, -0.05) is 37.8 Å². The zero-order valence-corrected chi connectivity index (χ0v) is 11.7. The lowest BCUT2D eigenvalue weighted by Crippen LogP contribution is -2.01. The molecule has 0 aliphatic rings. The Morgan fingerprint density at radius 3 is 2.41 bits per heavy atom. The van der Waals surface area contributed by atoms with Crippen LogP contribution in [0, 0.1) is 13.8 Å². The second-order valence-corrected chi connectivity index (χ2v) is 5.06. The number of halogens is 1. The van der Waals surface area contributed by atoms with Crippen LogP contribution in [0.4, 0.5) is 0 Å². The average Bonchev–Trinajstić information content (AvgIpc) is 2.29. The van der Waals surface area contributed by atoms with Crippen LogP contribution in [0.25, 0.3) is 0 Å². The molecule has 0 aliphatic carbocycles. The highest BCUT2D eigenvalue weighted by molar-refractivity contribution is 6.34. The van der Waals surface area contributed by atoms with E-state index in [4.69, 9.17) is 11.6 Å². The van der Waals surface area contributed by atoms with Crippen molar-refractivity contribution in [3.05, 3.63) is 33.8 Å². The Hall–Kier alpha value is -0.820. The first-order valence-corrected chi connectivity index (χ1v) is 6.74. The summed E-state index contributed by atoms with van der Waals surface area (Å²) in [7, 11) is 0. The fraction of sp³-hybridized carbons (Fsp3) is 0.533. The molecule has 0 atom stereocenters. The Morgan fingerprint density at radius 1 is 1.12 bits per heavy atom. The highest BCUT2D eigenvalue weighted by Gasteiger charge is 2.11. The van der Waals surface area contributed by atoms with E-state index in [1.54, 1.807) is 0 Å². The quantitative estimate of drug-likeness (QED) is 0.508. The molecule has 0 aliphatic heterocycles. The van der Waals surface area contributed by atoms with Gasteiger partial charge in [0.25, 0.3) is 0 Å². The van der Waals surface area contributed by atoms with Gasteiger partial charge in [0.1, 0.15) is 0 Å². The summed E-state index contributed by atoms with van der Waals surface area (Å²) in [5.74, 6) is 0.175. The molecule has 0 bridgehead atoms. The highest BCUT2D eigenvalue weighted by atomic mass is 35.5. The Balaban J connectivity index is 2.66. The monoisotopic (exact) mass is 252 g/mol. The van der Waals surface area contributed by atoms with Gasteiger partial charge in [-0.3, -0.25) is 4.79 Å². The Morgan fingerprint density at radius 2 is 1.76 bits per heavy atom. The third kappa shape index (κ3) is 4.16. The van der Waals surface area contributed by atoms with Crippen LogP contribution in [0.15, 0.2) is 12.1 Å². The maximum Gasteiger partial charge on any atom is 0.164 e. The van der Waals surface area contributed by atoms with Crippen LogP contribution >= 0.6 is 11.6 Å². The molecular formula is C15H21ClO. The zero-order valence-electron chi connectivity index (χ0n) is 11.0. The van der Waals surface area contributed by atoms with E-state index < -0.39 is 0 Å². The topological polar surface area (TPSA) is 17.1 Å². The van der Waals surface area contributed by atoms with Gasteiger partial charge < -0.3 is 0 Å². The Kier molecular flexibility index (Phi) is 5.70. The molecule has 0 fully saturated rings. The van der Waals surface area contributed by atoms with Gasteiger partial charge in [0.2, 0.25) is 0 Å². The molecule has 1 nitrogen and oxygen atoms in total. The molecule has 1 aromatic rings. The van der Waals surface area contributed by atoms with Crippen LogP contribution in [-0.2, 0) is 0 Å². The van der Waals surface area contributed by atoms with Crippen LogP contribution < -0.4 is 0 Å². The number of carbonyl (C=O) groups is 1. The third-order valence-corrected chi connectivity index (χ3v) is 3.45. The number of carbonyl (C=O) groups excluding carboxylic acids is 1. The fourth-order valence-corrected chi connectivity index (χ4v) is 2.17. The molecule has 94 valence electrons. The summed E-state index contributed by atoms with van der Waals surface area (Å²) >= 11 is 6.12. The summed E-state index contributed by atoms with van der Waals surface area (Å²) in [4.78, 5) is 12.0. The van der Waals surface area contributed by atoms with E-state index in [9.17, 15) is 4.79 Å². The number of hydrogen-bond donors (Lipinski definition) is 0. The number of Topliss-reactive ketones (excluding diaryl/α,β-unsaturated/α-hetero) is 1. The summed E-state index contributed by atoms with van der Waals surface area (Å²) in [5, 5.41) is 0.591. The number of rotatable bonds is 6. The second kappa shape index (κ2) is 6.80. The van der Waals surface area contributed by atoms with Crippen LogP contribution in [0.1, 0.15) is 60.5 Å². The molecule has 0 N–H and O–H groups in total. The molecule has 1 rings (SSSR count). The largest absolute Gasteiger partial charge is 0.294 e. The lowest BCUT2D eigenvalue weighted by Gasteiger charge is -2.07. The van der Waals surface area contributed by atoms with Crippen molar-refractivity contribution in [2.75, 3.05) is 0 Å². The molecule has 0 unspecified atom stereocenters. The average molecular weight is 253 g/mol. The molecular weight excluding hydrogens is 232 g/mol. The molecule has 0 radical (unpaired) electrons. The van der Waals surface area contributed by atoms with Crippen molar-refractivity contribution in [1.82, 2.24) is 0 Å². The minimum absolute atomic E-state index is 0.175. The summed E-state index contributed by atoms with van der Waals surface area (Å²) in [6.07, 6.45) is 5.11. The first-order chi connectivity index (χ1) is 8.06. The van der Waals surface area contributed by atoms with E-state index in [1.807, 2.05) is 26.0 Å². The first-order valence-electron chi connectivity index (χ1n) is 6.36. The minimum Gasteiger partial charge on any atom is -0.294 e. The van der Waals surface area contributed by atoms with E-state index >= 15 is 0 Å². The van der Waals surface area contributed by atoms with Gasteiger partial charge in [-0.15, -0.1) is 0 Å². The predicted octanol–water partition coefficient (Wildman–Crippen LogP) is 5.11. The molecule has 0 spiro atoms. The first kappa shape index (κ1) is 14.2. The van der Waals surface area contributed by atoms with Crippen LogP contribution in [0.3, 0.4) is 0 Å². The normalized spacial score (nSPS) is 10.6. The molecule has 0 saturated carbocycles. The Labute approximate surface area is 109 Å². The summed E-state index contributed by atoms with van der Waals surface area (Å²) in [5.41, 5.74) is 2.95. The third-order valence-electron chi connectivity index (χ3n) is 3.14. The van der Waals surface area contributed by atoms with Crippen molar-refractivity contribution < 1.29 is 4.79 Å². The molecule has 2 heteroatoms. The van der Waals surface area contributed by atoms with Crippen molar-refractivity contribution in [2.45, 2.75) is 52.9 Å². The number of aryl methyl sites for hydroxylation is 2. The Bertz CT molecular complexity index is 396. The zero-order chi connectivity index (χ0) is 12.8. The number of benzene rings is 1. The lowest BCUT2D eigenvalue weighted by molar-refractivity contribution is 0.0979. The smallest absolute Gasteiger partial charge is 0.164 e. The van der Waals surface area contributed by atoms with Gasteiger partial charge in [-0.25, -0.2) is 0 Å². The van der Waals surface area contributed by atoms with Gasteiger partial charge >= 0.3 is 0 Å². The minimum atomic E-state index is 0.175. The predicted molar refractivity (Wildman–Crippen MR) is 74.0 cm³/mol. The van der Waals surface area contributed by atoms with Gasteiger partial charge in [0.05, 0.1) is 5.02 Å². The molecule has 0 aromatic heterocycles. The van der Waals surface area contributed by atoms with Gasteiger partial charge in [-0.2, -0.15) is 0 Å². The fourth-order valence-electron chi connectivity index (χ4n) is 1.84.